The summed E-state index contributed by atoms with van der Waals surface area (Å²) in [6.45, 7) is 5.90. The number of rotatable bonds is 5. The largest absolute Gasteiger partial charge is 0.485 e. The van der Waals surface area contributed by atoms with Gasteiger partial charge in [0.15, 0.2) is 11.9 Å². The standard InChI is InChI=1S/C23H22N2O5/c1-13-4-7-19(14(2)10-13)28-12-17-6-9-21(30-17)23(27)24-16-5-8-20-18(11-16)25-22(26)15(3)29-20/h4-11,15H,12H2,1-3H3,(H,24,27)(H,25,26). The van der Waals surface area contributed by atoms with Crippen molar-refractivity contribution in [3.63, 3.8) is 0 Å². The summed E-state index contributed by atoms with van der Waals surface area (Å²) >= 11 is 0. The maximum Gasteiger partial charge on any atom is 0.291 e. The van der Waals surface area contributed by atoms with Gasteiger partial charge in [0.2, 0.25) is 0 Å². The number of furan rings is 1. The van der Waals surface area contributed by atoms with Crippen molar-refractivity contribution >= 4 is 23.2 Å². The van der Waals surface area contributed by atoms with E-state index in [1.807, 2.05) is 32.0 Å². The number of ether oxygens (including phenoxy) is 2. The number of fused-ring (bicyclic) bond motifs is 1. The molecule has 3 aromatic rings. The van der Waals surface area contributed by atoms with E-state index in [0.717, 1.165) is 11.3 Å². The first-order valence-electron chi connectivity index (χ1n) is 9.61. The van der Waals surface area contributed by atoms with Crippen LogP contribution in [0.2, 0.25) is 0 Å². The van der Waals surface area contributed by atoms with Crippen LogP contribution in [-0.2, 0) is 11.4 Å². The Morgan fingerprint density at radius 2 is 1.97 bits per heavy atom. The van der Waals surface area contributed by atoms with Gasteiger partial charge in [-0.05, 0) is 62.7 Å². The molecule has 1 aromatic heterocycles. The number of aryl methyl sites for hydroxylation is 2. The molecule has 2 amide bonds. The van der Waals surface area contributed by atoms with Crippen molar-refractivity contribution in [1.82, 2.24) is 0 Å². The normalized spacial score (nSPS) is 15.0. The predicted molar refractivity (Wildman–Crippen MR) is 112 cm³/mol. The van der Waals surface area contributed by atoms with Crippen LogP contribution in [0.3, 0.4) is 0 Å². The minimum absolute atomic E-state index is 0.167. The Hall–Kier alpha value is -3.74. The molecule has 1 atom stereocenters. The number of anilines is 2. The zero-order chi connectivity index (χ0) is 21.3. The van der Waals surface area contributed by atoms with Gasteiger partial charge in [-0.15, -0.1) is 0 Å². The summed E-state index contributed by atoms with van der Waals surface area (Å²) in [7, 11) is 0. The van der Waals surface area contributed by atoms with Gasteiger partial charge in [0, 0.05) is 5.69 Å². The van der Waals surface area contributed by atoms with E-state index in [1.165, 1.54) is 5.56 Å². The van der Waals surface area contributed by atoms with E-state index in [1.54, 1.807) is 37.3 Å². The highest BCUT2D eigenvalue weighted by Gasteiger charge is 2.24. The van der Waals surface area contributed by atoms with Gasteiger partial charge in [-0.3, -0.25) is 9.59 Å². The van der Waals surface area contributed by atoms with Crippen molar-refractivity contribution in [3.05, 3.63) is 71.2 Å². The summed E-state index contributed by atoms with van der Waals surface area (Å²) < 4.78 is 16.9. The molecule has 2 aromatic carbocycles. The number of carbonyl (C=O) groups is 2. The van der Waals surface area contributed by atoms with Gasteiger partial charge in [0.25, 0.3) is 11.8 Å². The lowest BCUT2D eigenvalue weighted by Crippen LogP contribution is -2.34. The van der Waals surface area contributed by atoms with E-state index in [4.69, 9.17) is 13.9 Å². The zero-order valence-corrected chi connectivity index (χ0v) is 16.9. The van der Waals surface area contributed by atoms with Gasteiger partial charge in [-0.1, -0.05) is 17.7 Å². The fourth-order valence-corrected chi connectivity index (χ4v) is 3.17. The van der Waals surface area contributed by atoms with Gasteiger partial charge in [-0.2, -0.15) is 0 Å². The molecule has 154 valence electrons. The highest BCUT2D eigenvalue weighted by molar-refractivity contribution is 6.03. The molecule has 0 spiro atoms. The van der Waals surface area contributed by atoms with E-state index in [9.17, 15) is 9.59 Å². The summed E-state index contributed by atoms with van der Waals surface area (Å²) in [5.74, 6) is 1.41. The summed E-state index contributed by atoms with van der Waals surface area (Å²) in [5.41, 5.74) is 3.23. The first-order chi connectivity index (χ1) is 14.4. The van der Waals surface area contributed by atoms with Gasteiger partial charge < -0.3 is 24.5 Å². The Labute approximate surface area is 174 Å². The third kappa shape index (κ3) is 4.15. The van der Waals surface area contributed by atoms with E-state index in [2.05, 4.69) is 10.6 Å². The van der Waals surface area contributed by atoms with Gasteiger partial charge in [0.05, 0.1) is 5.69 Å². The number of benzene rings is 2. The highest BCUT2D eigenvalue weighted by atomic mass is 16.5. The molecule has 0 aliphatic carbocycles. The quantitative estimate of drug-likeness (QED) is 0.654. The molecule has 7 nitrogen and oxygen atoms in total. The third-order valence-corrected chi connectivity index (χ3v) is 4.75. The summed E-state index contributed by atoms with van der Waals surface area (Å²) in [6.07, 6.45) is -0.551. The Kier molecular flexibility index (Phi) is 5.18. The van der Waals surface area contributed by atoms with Crippen LogP contribution < -0.4 is 20.1 Å². The van der Waals surface area contributed by atoms with Gasteiger partial charge >= 0.3 is 0 Å². The molecule has 0 bridgehead atoms. The fourth-order valence-electron chi connectivity index (χ4n) is 3.17. The van der Waals surface area contributed by atoms with Crippen molar-refractivity contribution in [2.75, 3.05) is 10.6 Å². The minimum atomic E-state index is -0.551. The maximum absolute atomic E-state index is 12.5. The second-order valence-electron chi connectivity index (χ2n) is 7.24. The molecule has 2 heterocycles. The Morgan fingerprint density at radius 1 is 1.13 bits per heavy atom. The molecule has 0 saturated heterocycles. The lowest BCUT2D eigenvalue weighted by atomic mass is 10.1. The molecular weight excluding hydrogens is 384 g/mol. The van der Waals surface area contributed by atoms with Crippen LogP contribution in [0.15, 0.2) is 52.9 Å². The van der Waals surface area contributed by atoms with Crippen LogP contribution in [-0.4, -0.2) is 17.9 Å². The first-order valence-corrected chi connectivity index (χ1v) is 9.61. The first kappa shape index (κ1) is 19.6. The van der Waals surface area contributed by atoms with Crippen molar-refractivity contribution in [1.29, 1.82) is 0 Å². The Morgan fingerprint density at radius 3 is 2.77 bits per heavy atom. The molecule has 1 aliphatic rings. The molecule has 0 radical (unpaired) electrons. The molecular formula is C23H22N2O5. The number of carbonyl (C=O) groups excluding carboxylic acids is 2. The molecule has 4 rings (SSSR count). The van der Waals surface area contributed by atoms with E-state index in [0.29, 0.717) is 22.9 Å². The van der Waals surface area contributed by atoms with Crippen LogP contribution >= 0.6 is 0 Å². The molecule has 2 N–H and O–H groups in total. The monoisotopic (exact) mass is 406 g/mol. The van der Waals surface area contributed by atoms with Crippen LogP contribution in [0.4, 0.5) is 11.4 Å². The fraction of sp³-hybridized carbons (Fsp3) is 0.217. The van der Waals surface area contributed by atoms with Crippen LogP contribution in [0, 0.1) is 13.8 Å². The molecule has 7 heteroatoms. The molecule has 1 aliphatic heterocycles. The maximum atomic E-state index is 12.5. The number of amides is 2. The van der Waals surface area contributed by atoms with Crippen molar-refractivity contribution in [2.24, 2.45) is 0 Å². The van der Waals surface area contributed by atoms with Crippen LogP contribution in [0.5, 0.6) is 11.5 Å². The van der Waals surface area contributed by atoms with Crippen LogP contribution in [0.1, 0.15) is 34.4 Å². The Bertz CT molecular complexity index is 1120. The average Bonchev–Trinajstić information content (AvgIpc) is 3.18. The van der Waals surface area contributed by atoms with Crippen molar-refractivity contribution in [3.8, 4) is 11.5 Å². The predicted octanol–water partition coefficient (Wildman–Crippen LogP) is 4.45. The highest BCUT2D eigenvalue weighted by Crippen LogP contribution is 2.32. The van der Waals surface area contributed by atoms with Crippen molar-refractivity contribution < 1.29 is 23.5 Å². The lowest BCUT2D eigenvalue weighted by Gasteiger charge is -2.23. The lowest BCUT2D eigenvalue weighted by molar-refractivity contribution is -0.122. The SMILES string of the molecule is Cc1ccc(OCc2ccc(C(=O)Nc3ccc4c(c3)NC(=O)C(C)O4)o2)c(C)c1. The molecule has 30 heavy (non-hydrogen) atoms. The summed E-state index contributed by atoms with van der Waals surface area (Å²) in [5, 5.41) is 5.51. The van der Waals surface area contributed by atoms with Crippen molar-refractivity contribution in [2.45, 2.75) is 33.5 Å². The smallest absolute Gasteiger partial charge is 0.291 e. The summed E-state index contributed by atoms with van der Waals surface area (Å²) in [4.78, 5) is 24.3. The number of hydrogen-bond donors (Lipinski definition) is 2. The Balaban J connectivity index is 1.40. The second kappa shape index (κ2) is 7.94. The summed E-state index contributed by atoms with van der Waals surface area (Å²) in [6, 6.07) is 14.3. The third-order valence-electron chi connectivity index (χ3n) is 4.75. The van der Waals surface area contributed by atoms with E-state index < -0.39 is 12.0 Å². The van der Waals surface area contributed by atoms with Gasteiger partial charge in [-0.25, -0.2) is 0 Å². The zero-order valence-electron chi connectivity index (χ0n) is 16.9. The van der Waals surface area contributed by atoms with Crippen LogP contribution in [0.25, 0.3) is 0 Å². The second-order valence-corrected chi connectivity index (χ2v) is 7.24. The minimum Gasteiger partial charge on any atom is -0.485 e. The molecule has 0 fully saturated rings. The molecule has 0 saturated carbocycles. The van der Waals surface area contributed by atoms with Gasteiger partial charge in [0.1, 0.15) is 23.9 Å². The number of hydrogen-bond acceptors (Lipinski definition) is 5. The topological polar surface area (TPSA) is 89.8 Å². The van der Waals surface area contributed by atoms with E-state index >= 15 is 0 Å². The van der Waals surface area contributed by atoms with E-state index in [-0.39, 0.29) is 18.3 Å². The average molecular weight is 406 g/mol. The molecule has 1 unspecified atom stereocenters. The number of nitrogens with one attached hydrogen (secondary N) is 2.